The Morgan fingerprint density at radius 1 is 1.09 bits per heavy atom. The molecule has 33 heavy (non-hydrogen) atoms. The number of anilines is 1. The Bertz CT molecular complexity index is 1080. The maximum Gasteiger partial charge on any atom is 0.430 e. The number of alkyl halides is 6. The van der Waals surface area contributed by atoms with Crippen molar-refractivity contribution in [2.45, 2.75) is 43.3 Å². The highest BCUT2D eigenvalue weighted by Crippen LogP contribution is 2.57. The van der Waals surface area contributed by atoms with E-state index in [4.69, 9.17) is 9.47 Å². The highest BCUT2D eigenvalue weighted by Gasteiger charge is 2.71. The summed E-state index contributed by atoms with van der Waals surface area (Å²) in [6.07, 6.45) is -11.9. The second-order valence-corrected chi connectivity index (χ2v) is 9.57. The molecule has 2 aliphatic heterocycles. The lowest BCUT2D eigenvalue weighted by Crippen LogP contribution is -2.54. The summed E-state index contributed by atoms with van der Waals surface area (Å²) in [5, 5.41) is 13.1. The molecule has 0 aromatic heterocycles. The number of nitrogens with one attached hydrogen (secondary N) is 1. The summed E-state index contributed by atoms with van der Waals surface area (Å²) in [4.78, 5) is 0. The number of methoxy groups -OCH3 is 1. The molecule has 11 heteroatoms. The third kappa shape index (κ3) is 3.38. The van der Waals surface area contributed by atoms with Crippen molar-refractivity contribution in [3.63, 3.8) is 0 Å². The average molecular weight is 540 g/mol. The van der Waals surface area contributed by atoms with Crippen LogP contribution in [0.3, 0.4) is 0 Å². The van der Waals surface area contributed by atoms with Gasteiger partial charge in [-0.25, -0.2) is 0 Å². The summed E-state index contributed by atoms with van der Waals surface area (Å²) in [5.74, 6) is 0.675. The predicted molar refractivity (Wildman–Crippen MR) is 112 cm³/mol. The third-order valence-electron chi connectivity index (χ3n) is 6.64. The average Bonchev–Trinajstić information content (AvgIpc) is 2.71. The van der Waals surface area contributed by atoms with Gasteiger partial charge in [-0.15, -0.1) is 0 Å². The molecule has 4 rings (SSSR count). The minimum Gasteiger partial charge on any atom is -0.493 e. The molecule has 0 fully saturated rings. The highest BCUT2D eigenvalue weighted by molar-refractivity contribution is 9.10. The van der Waals surface area contributed by atoms with Gasteiger partial charge in [0, 0.05) is 32.6 Å². The minimum atomic E-state index is -5.96. The summed E-state index contributed by atoms with van der Waals surface area (Å²) >= 11 is 3.51. The Balaban J connectivity index is 1.87. The Morgan fingerprint density at radius 3 is 2.30 bits per heavy atom. The quantitative estimate of drug-likeness (QED) is 0.444. The molecule has 0 radical (unpaired) electrons. The number of ether oxygens (including phenoxy) is 2. The zero-order chi connectivity index (χ0) is 24.6. The van der Waals surface area contributed by atoms with Gasteiger partial charge in [0.1, 0.15) is 0 Å². The lowest BCUT2D eigenvalue weighted by molar-refractivity contribution is -0.376. The van der Waals surface area contributed by atoms with E-state index in [0.29, 0.717) is 23.3 Å². The fourth-order valence-corrected chi connectivity index (χ4v) is 5.27. The van der Waals surface area contributed by atoms with E-state index in [9.17, 15) is 31.4 Å². The van der Waals surface area contributed by atoms with Crippen molar-refractivity contribution in [1.29, 1.82) is 0 Å². The number of rotatable bonds is 2. The lowest BCUT2D eigenvalue weighted by atomic mass is 9.64. The first-order valence-corrected chi connectivity index (χ1v) is 10.7. The Hall–Kier alpha value is -2.14. The van der Waals surface area contributed by atoms with Gasteiger partial charge in [-0.1, -0.05) is 35.8 Å². The molecular formula is C22H20BrF6NO3. The van der Waals surface area contributed by atoms with Gasteiger partial charge in [-0.3, -0.25) is 0 Å². The molecule has 180 valence electrons. The minimum absolute atomic E-state index is 0.150. The Labute approximate surface area is 194 Å². The Morgan fingerprint density at radius 2 is 1.73 bits per heavy atom. The summed E-state index contributed by atoms with van der Waals surface area (Å²) in [6.45, 7) is 3.62. The number of benzene rings is 2. The summed E-state index contributed by atoms with van der Waals surface area (Å²) in [7, 11) is 1.50. The smallest absolute Gasteiger partial charge is 0.430 e. The number of hydrogen-bond donors (Lipinski definition) is 2. The van der Waals surface area contributed by atoms with Crippen molar-refractivity contribution in [1.82, 2.24) is 0 Å². The van der Waals surface area contributed by atoms with E-state index in [1.165, 1.54) is 7.11 Å². The molecule has 2 heterocycles. The molecule has 2 atom stereocenters. The first kappa shape index (κ1) is 24.0. The second-order valence-electron chi connectivity index (χ2n) is 8.72. The standard InChI is InChI=1S/C22H20BrF6NO3/c1-19(2)11-8-10(20(31,21(24,25)26)22(27,28)29)4-6-14(11)30-17-12(19)9-33-18-15(32-3)7-5-13(23)16(17)18/h4-8,12,17,30-31H,9H2,1-3H3/t12-,17-/m1/s1. The highest BCUT2D eigenvalue weighted by atomic mass is 79.9. The van der Waals surface area contributed by atoms with Crippen LogP contribution >= 0.6 is 15.9 Å². The van der Waals surface area contributed by atoms with Crippen molar-refractivity contribution in [3.05, 3.63) is 51.5 Å². The number of aliphatic hydroxyl groups is 1. The predicted octanol–water partition coefficient (Wildman–Crippen LogP) is 6.22. The number of halogens is 7. The van der Waals surface area contributed by atoms with Crippen LogP contribution < -0.4 is 14.8 Å². The normalized spacial score (nSPS) is 21.8. The van der Waals surface area contributed by atoms with E-state index in [-0.39, 0.29) is 24.1 Å². The van der Waals surface area contributed by atoms with Crippen LogP contribution in [0.4, 0.5) is 32.0 Å². The second kappa shape index (κ2) is 7.43. The van der Waals surface area contributed by atoms with E-state index in [2.05, 4.69) is 21.2 Å². The summed E-state index contributed by atoms with van der Waals surface area (Å²) in [6, 6.07) is 5.75. The molecular weight excluding hydrogens is 520 g/mol. The monoisotopic (exact) mass is 539 g/mol. The SMILES string of the molecule is COc1ccc(Br)c2c1OC[C@@H]1[C@H]2Nc2ccc(C(O)(C(F)(F)F)C(F)(F)F)cc2C1(C)C. The molecule has 0 bridgehead atoms. The van der Waals surface area contributed by atoms with Crippen molar-refractivity contribution >= 4 is 21.6 Å². The topological polar surface area (TPSA) is 50.7 Å². The van der Waals surface area contributed by atoms with Crippen molar-refractivity contribution < 1.29 is 40.9 Å². The molecule has 2 aromatic carbocycles. The molecule has 4 nitrogen and oxygen atoms in total. The van der Waals surface area contributed by atoms with E-state index >= 15 is 0 Å². The molecule has 2 aliphatic rings. The largest absolute Gasteiger partial charge is 0.493 e. The lowest BCUT2D eigenvalue weighted by Gasteiger charge is -2.49. The van der Waals surface area contributed by atoms with Crippen LogP contribution in [0.2, 0.25) is 0 Å². The zero-order valence-electron chi connectivity index (χ0n) is 17.7. The van der Waals surface area contributed by atoms with Gasteiger partial charge < -0.3 is 19.9 Å². The van der Waals surface area contributed by atoms with Crippen LogP contribution in [0, 0.1) is 5.92 Å². The molecule has 0 saturated carbocycles. The Kier molecular flexibility index (Phi) is 5.40. The molecule has 2 aromatic rings. The maximum absolute atomic E-state index is 13.4. The van der Waals surface area contributed by atoms with E-state index in [1.807, 2.05) is 0 Å². The van der Waals surface area contributed by atoms with Crippen LogP contribution in [-0.4, -0.2) is 31.2 Å². The summed E-state index contributed by atoms with van der Waals surface area (Å²) in [5.41, 5.74) is -5.84. The van der Waals surface area contributed by atoms with Gasteiger partial charge in [0.05, 0.1) is 19.8 Å². The molecule has 0 spiro atoms. The van der Waals surface area contributed by atoms with E-state index in [1.54, 1.807) is 26.0 Å². The first-order chi connectivity index (χ1) is 15.1. The first-order valence-electron chi connectivity index (χ1n) is 9.91. The fourth-order valence-electron chi connectivity index (χ4n) is 4.71. The molecule has 0 amide bonds. The maximum atomic E-state index is 13.4. The van der Waals surface area contributed by atoms with Gasteiger partial charge in [-0.05, 0) is 29.8 Å². The number of fused-ring (bicyclic) bond motifs is 4. The van der Waals surface area contributed by atoms with Gasteiger partial charge in [0.2, 0.25) is 0 Å². The van der Waals surface area contributed by atoms with E-state index in [0.717, 1.165) is 22.2 Å². The zero-order valence-corrected chi connectivity index (χ0v) is 19.2. The molecule has 0 saturated heterocycles. The van der Waals surface area contributed by atoms with Crippen LogP contribution in [0.5, 0.6) is 11.5 Å². The van der Waals surface area contributed by atoms with E-state index < -0.39 is 28.9 Å². The summed E-state index contributed by atoms with van der Waals surface area (Å²) < 4.78 is 92.7. The van der Waals surface area contributed by atoms with Crippen molar-refractivity contribution in [2.24, 2.45) is 5.92 Å². The van der Waals surface area contributed by atoms with Crippen LogP contribution in [0.1, 0.15) is 36.6 Å². The van der Waals surface area contributed by atoms with Gasteiger partial charge >= 0.3 is 12.4 Å². The molecule has 0 unspecified atom stereocenters. The fraction of sp³-hybridized carbons (Fsp3) is 0.455. The number of hydrogen-bond acceptors (Lipinski definition) is 4. The van der Waals surface area contributed by atoms with Crippen LogP contribution in [-0.2, 0) is 11.0 Å². The molecule has 0 aliphatic carbocycles. The third-order valence-corrected chi connectivity index (χ3v) is 7.33. The van der Waals surface area contributed by atoms with Crippen LogP contribution in [0.15, 0.2) is 34.8 Å². The van der Waals surface area contributed by atoms with Crippen molar-refractivity contribution in [3.8, 4) is 11.5 Å². The van der Waals surface area contributed by atoms with Gasteiger partial charge in [-0.2, -0.15) is 26.3 Å². The molecule has 2 N–H and O–H groups in total. The van der Waals surface area contributed by atoms with Gasteiger partial charge in [0.15, 0.2) is 11.5 Å². The van der Waals surface area contributed by atoms with Crippen LogP contribution in [0.25, 0.3) is 0 Å². The van der Waals surface area contributed by atoms with Crippen molar-refractivity contribution in [2.75, 3.05) is 19.0 Å². The van der Waals surface area contributed by atoms with Gasteiger partial charge in [0.25, 0.3) is 5.60 Å².